The Morgan fingerprint density at radius 1 is 1.35 bits per heavy atom. The van der Waals surface area contributed by atoms with Crippen molar-refractivity contribution < 1.29 is 4.92 Å². The Hall–Kier alpha value is -1.07. The number of rotatable bonds is 6. The molecule has 4 nitrogen and oxygen atoms in total. The van der Waals surface area contributed by atoms with Crippen LogP contribution in [0.15, 0.2) is 23.1 Å². The van der Waals surface area contributed by atoms with E-state index in [-0.39, 0.29) is 5.69 Å². The zero-order valence-electron chi connectivity index (χ0n) is 10.2. The van der Waals surface area contributed by atoms with E-state index in [0.29, 0.717) is 4.90 Å². The second kappa shape index (κ2) is 6.61. The van der Waals surface area contributed by atoms with Crippen molar-refractivity contribution in [2.75, 3.05) is 19.6 Å². The molecular weight excluding hydrogens is 236 g/mol. The second-order valence-electron chi connectivity index (χ2n) is 3.85. The molecule has 1 rings (SSSR count). The fourth-order valence-corrected chi connectivity index (χ4v) is 2.01. The summed E-state index contributed by atoms with van der Waals surface area (Å²) in [5.74, 6) is 0. The van der Waals surface area contributed by atoms with E-state index >= 15 is 0 Å². The first kappa shape index (κ1) is 14.0. The maximum atomic E-state index is 10.6. The molecule has 0 radical (unpaired) electrons. The summed E-state index contributed by atoms with van der Waals surface area (Å²) >= 11 is 4.30. The van der Waals surface area contributed by atoms with Gasteiger partial charge in [-0.25, -0.2) is 0 Å². The van der Waals surface area contributed by atoms with Gasteiger partial charge in [-0.05, 0) is 25.1 Å². The number of thiol groups is 1. The summed E-state index contributed by atoms with van der Waals surface area (Å²) in [6, 6.07) is 4.85. The van der Waals surface area contributed by atoms with Crippen LogP contribution in [-0.2, 0) is 6.42 Å². The molecule has 0 aliphatic heterocycles. The normalized spacial score (nSPS) is 10.8. The zero-order chi connectivity index (χ0) is 12.8. The lowest BCUT2D eigenvalue weighted by Crippen LogP contribution is -2.25. The highest BCUT2D eigenvalue weighted by Gasteiger charge is 2.09. The highest BCUT2D eigenvalue weighted by Crippen LogP contribution is 2.21. The lowest BCUT2D eigenvalue weighted by atomic mass is 10.1. The van der Waals surface area contributed by atoms with Crippen LogP contribution in [0, 0.1) is 10.1 Å². The third-order valence-corrected chi connectivity index (χ3v) is 3.29. The monoisotopic (exact) mass is 254 g/mol. The van der Waals surface area contributed by atoms with Gasteiger partial charge >= 0.3 is 0 Å². The van der Waals surface area contributed by atoms with Gasteiger partial charge in [0.25, 0.3) is 5.69 Å². The molecule has 0 aliphatic rings. The molecule has 1 aromatic carbocycles. The average molecular weight is 254 g/mol. The van der Waals surface area contributed by atoms with E-state index < -0.39 is 4.92 Å². The Bertz CT molecular complexity index is 392. The highest BCUT2D eigenvalue weighted by atomic mass is 32.1. The van der Waals surface area contributed by atoms with Gasteiger partial charge in [-0.2, -0.15) is 0 Å². The molecule has 0 atom stereocenters. The fraction of sp³-hybridized carbons (Fsp3) is 0.500. The fourth-order valence-electron chi connectivity index (χ4n) is 1.70. The van der Waals surface area contributed by atoms with Crippen LogP contribution in [0.2, 0.25) is 0 Å². The van der Waals surface area contributed by atoms with E-state index in [1.807, 2.05) is 0 Å². The van der Waals surface area contributed by atoms with Crippen molar-refractivity contribution in [3.05, 3.63) is 33.9 Å². The molecule has 0 spiro atoms. The molecule has 0 bridgehead atoms. The quantitative estimate of drug-likeness (QED) is 0.482. The molecule has 0 aliphatic carbocycles. The Morgan fingerprint density at radius 2 is 2.00 bits per heavy atom. The number of hydrogen-bond acceptors (Lipinski definition) is 4. The van der Waals surface area contributed by atoms with Crippen molar-refractivity contribution >= 4 is 18.3 Å². The first-order chi connectivity index (χ1) is 8.08. The largest absolute Gasteiger partial charge is 0.304 e. The zero-order valence-corrected chi connectivity index (χ0v) is 11.1. The first-order valence-corrected chi connectivity index (χ1v) is 6.21. The molecule has 0 heterocycles. The van der Waals surface area contributed by atoms with Crippen LogP contribution in [0.4, 0.5) is 5.69 Å². The van der Waals surface area contributed by atoms with Crippen molar-refractivity contribution in [2.24, 2.45) is 0 Å². The van der Waals surface area contributed by atoms with Crippen molar-refractivity contribution in [3.63, 3.8) is 0 Å². The van der Waals surface area contributed by atoms with Crippen LogP contribution < -0.4 is 0 Å². The molecule has 1 aromatic rings. The van der Waals surface area contributed by atoms with Crippen molar-refractivity contribution in [2.45, 2.75) is 25.2 Å². The van der Waals surface area contributed by atoms with E-state index in [1.165, 1.54) is 12.1 Å². The Balaban J connectivity index is 2.69. The molecule has 0 amide bonds. The van der Waals surface area contributed by atoms with Crippen molar-refractivity contribution in [3.8, 4) is 0 Å². The van der Waals surface area contributed by atoms with E-state index in [1.54, 1.807) is 6.07 Å². The maximum Gasteiger partial charge on any atom is 0.270 e. The number of likely N-dealkylation sites (N-methyl/N-ethyl adjacent to an activating group) is 1. The predicted molar refractivity (Wildman–Crippen MR) is 71.8 cm³/mol. The Kier molecular flexibility index (Phi) is 5.44. The van der Waals surface area contributed by atoms with Gasteiger partial charge in [-0.15, -0.1) is 12.6 Å². The van der Waals surface area contributed by atoms with Gasteiger partial charge in [-0.3, -0.25) is 10.1 Å². The highest BCUT2D eigenvalue weighted by molar-refractivity contribution is 7.80. The third-order valence-electron chi connectivity index (χ3n) is 2.87. The Labute approximate surface area is 107 Å². The van der Waals surface area contributed by atoms with Gasteiger partial charge < -0.3 is 4.90 Å². The summed E-state index contributed by atoms with van der Waals surface area (Å²) in [6.07, 6.45) is 0.874. The predicted octanol–water partition coefficient (Wildman–Crippen LogP) is 2.77. The molecule has 94 valence electrons. The Morgan fingerprint density at radius 3 is 2.47 bits per heavy atom. The summed E-state index contributed by atoms with van der Waals surface area (Å²) in [4.78, 5) is 13.2. The van der Waals surface area contributed by atoms with Gasteiger partial charge in [0.2, 0.25) is 0 Å². The van der Waals surface area contributed by atoms with Gasteiger partial charge in [0.05, 0.1) is 4.92 Å². The van der Waals surface area contributed by atoms with Gasteiger partial charge in [-0.1, -0.05) is 19.9 Å². The number of nitro benzene ring substituents is 1. The molecule has 5 heteroatoms. The van der Waals surface area contributed by atoms with Crippen molar-refractivity contribution in [1.29, 1.82) is 0 Å². The molecule has 0 N–H and O–H groups in total. The standard InChI is InChI=1S/C12H18N2O2S/c1-3-13(4-2)8-7-10-5-6-11(14(15)16)9-12(10)17/h5-6,9,17H,3-4,7-8H2,1-2H3. The van der Waals surface area contributed by atoms with Gasteiger partial charge in [0.15, 0.2) is 0 Å². The summed E-state index contributed by atoms with van der Waals surface area (Å²) < 4.78 is 0. The molecular formula is C12H18N2O2S. The van der Waals surface area contributed by atoms with E-state index in [0.717, 1.165) is 31.6 Å². The summed E-state index contributed by atoms with van der Waals surface area (Å²) in [5, 5.41) is 10.6. The summed E-state index contributed by atoms with van der Waals surface area (Å²) in [7, 11) is 0. The average Bonchev–Trinajstić information content (AvgIpc) is 2.31. The van der Waals surface area contributed by atoms with E-state index in [2.05, 4.69) is 31.4 Å². The minimum absolute atomic E-state index is 0.0987. The minimum Gasteiger partial charge on any atom is -0.304 e. The number of nitrogens with zero attached hydrogens (tertiary/aromatic N) is 2. The number of nitro groups is 1. The van der Waals surface area contributed by atoms with Crippen LogP contribution >= 0.6 is 12.6 Å². The first-order valence-electron chi connectivity index (χ1n) is 5.77. The SMILES string of the molecule is CCN(CC)CCc1ccc([N+](=O)[O-])cc1S. The van der Waals surface area contributed by atoms with E-state index in [9.17, 15) is 10.1 Å². The smallest absolute Gasteiger partial charge is 0.270 e. The second-order valence-corrected chi connectivity index (χ2v) is 4.33. The number of non-ortho nitro benzene ring substituents is 1. The van der Waals surface area contributed by atoms with Gasteiger partial charge in [0, 0.05) is 23.6 Å². The minimum atomic E-state index is -0.395. The van der Waals surface area contributed by atoms with Crippen LogP contribution in [-0.4, -0.2) is 29.5 Å². The molecule has 0 aromatic heterocycles. The third kappa shape index (κ3) is 4.02. The molecule has 17 heavy (non-hydrogen) atoms. The van der Waals surface area contributed by atoms with Crippen LogP contribution in [0.5, 0.6) is 0 Å². The lowest BCUT2D eigenvalue weighted by Gasteiger charge is -2.18. The van der Waals surface area contributed by atoms with E-state index in [4.69, 9.17) is 0 Å². The van der Waals surface area contributed by atoms with Crippen LogP contribution in [0.3, 0.4) is 0 Å². The molecule has 0 saturated carbocycles. The molecule has 0 unspecified atom stereocenters. The lowest BCUT2D eigenvalue weighted by molar-refractivity contribution is -0.385. The number of hydrogen-bond donors (Lipinski definition) is 1. The van der Waals surface area contributed by atoms with Crippen LogP contribution in [0.1, 0.15) is 19.4 Å². The van der Waals surface area contributed by atoms with Gasteiger partial charge in [0.1, 0.15) is 0 Å². The molecule has 0 saturated heterocycles. The number of benzene rings is 1. The van der Waals surface area contributed by atoms with Crippen molar-refractivity contribution in [1.82, 2.24) is 4.90 Å². The van der Waals surface area contributed by atoms with Crippen LogP contribution in [0.25, 0.3) is 0 Å². The topological polar surface area (TPSA) is 46.4 Å². The summed E-state index contributed by atoms with van der Waals surface area (Å²) in [5.41, 5.74) is 1.16. The summed E-state index contributed by atoms with van der Waals surface area (Å²) in [6.45, 7) is 7.25. The molecule has 0 fully saturated rings. The maximum absolute atomic E-state index is 10.6.